The second-order valence-corrected chi connectivity index (χ2v) is 4.14. The van der Waals surface area contributed by atoms with Crippen LogP contribution in [0.15, 0.2) is 0 Å². The molecule has 0 unspecified atom stereocenters. The van der Waals surface area contributed by atoms with Gasteiger partial charge < -0.3 is 14.8 Å². The van der Waals surface area contributed by atoms with Gasteiger partial charge in [-0.25, -0.2) is 0 Å². The van der Waals surface area contributed by atoms with Gasteiger partial charge in [-0.2, -0.15) is 0 Å². The SMILES string of the molecule is CCC1(CNCCOCCOC)CC1. The zero-order valence-electron chi connectivity index (χ0n) is 9.47. The molecule has 0 spiro atoms. The maximum absolute atomic E-state index is 5.36. The molecule has 1 saturated carbocycles. The van der Waals surface area contributed by atoms with Gasteiger partial charge in [0, 0.05) is 20.2 Å². The predicted molar refractivity (Wildman–Crippen MR) is 57.5 cm³/mol. The van der Waals surface area contributed by atoms with E-state index in [2.05, 4.69) is 12.2 Å². The van der Waals surface area contributed by atoms with Gasteiger partial charge in [-0.1, -0.05) is 6.92 Å². The number of methoxy groups -OCH3 is 1. The van der Waals surface area contributed by atoms with Gasteiger partial charge in [0.25, 0.3) is 0 Å². The number of rotatable bonds is 9. The van der Waals surface area contributed by atoms with Gasteiger partial charge in [0.2, 0.25) is 0 Å². The number of nitrogens with one attached hydrogen (secondary N) is 1. The van der Waals surface area contributed by atoms with Crippen molar-refractivity contribution >= 4 is 0 Å². The number of hydrogen-bond donors (Lipinski definition) is 1. The fourth-order valence-electron chi connectivity index (χ4n) is 1.57. The summed E-state index contributed by atoms with van der Waals surface area (Å²) in [4.78, 5) is 0. The topological polar surface area (TPSA) is 30.5 Å². The van der Waals surface area contributed by atoms with E-state index in [4.69, 9.17) is 9.47 Å². The lowest BCUT2D eigenvalue weighted by molar-refractivity contribution is 0.0715. The Labute approximate surface area is 87.2 Å². The molecule has 0 aromatic heterocycles. The first-order chi connectivity index (χ1) is 6.83. The quantitative estimate of drug-likeness (QED) is 0.572. The summed E-state index contributed by atoms with van der Waals surface area (Å²) in [6, 6.07) is 0. The van der Waals surface area contributed by atoms with Crippen LogP contribution in [0.2, 0.25) is 0 Å². The van der Waals surface area contributed by atoms with Gasteiger partial charge >= 0.3 is 0 Å². The van der Waals surface area contributed by atoms with Crippen LogP contribution in [0.5, 0.6) is 0 Å². The largest absolute Gasteiger partial charge is 0.382 e. The Morgan fingerprint density at radius 3 is 2.57 bits per heavy atom. The fourth-order valence-corrected chi connectivity index (χ4v) is 1.57. The van der Waals surface area contributed by atoms with Crippen molar-refractivity contribution in [2.75, 3.05) is 40.0 Å². The van der Waals surface area contributed by atoms with Gasteiger partial charge in [-0.15, -0.1) is 0 Å². The monoisotopic (exact) mass is 201 g/mol. The summed E-state index contributed by atoms with van der Waals surface area (Å²) in [7, 11) is 1.69. The molecule has 0 aromatic carbocycles. The molecule has 0 bridgehead atoms. The van der Waals surface area contributed by atoms with E-state index in [1.165, 1.54) is 19.3 Å². The number of ether oxygens (including phenoxy) is 2. The zero-order chi connectivity index (χ0) is 10.3. The maximum Gasteiger partial charge on any atom is 0.0700 e. The third-order valence-corrected chi connectivity index (χ3v) is 3.06. The first-order valence-corrected chi connectivity index (χ1v) is 5.60. The summed E-state index contributed by atoms with van der Waals surface area (Å²) in [5.41, 5.74) is 0.645. The number of hydrogen-bond acceptors (Lipinski definition) is 3. The van der Waals surface area contributed by atoms with Crippen molar-refractivity contribution in [3.63, 3.8) is 0 Å². The first-order valence-electron chi connectivity index (χ1n) is 5.60. The summed E-state index contributed by atoms with van der Waals surface area (Å²) in [6.45, 7) is 6.60. The van der Waals surface area contributed by atoms with Crippen LogP contribution >= 0.6 is 0 Å². The molecule has 0 radical (unpaired) electrons. The molecule has 1 aliphatic carbocycles. The van der Waals surface area contributed by atoms with Crippen LogP contribution in [-0.2, 0) is 9.47 Å². The molecule has 1 fully saturated rings. The van der Waals surface area contributed by atoms with Crippen LogP contribution in [0.4, 0.5) is 0 Å². The molecule has 0 amide bonds. The van der Waals surface area contributed by atoms with Crippen LogP contribution in [0.25, 0.3) is 0 Å². The van der Waals surface area contributed by atoms with E-state index >= 15 is 0 Å². The fraction of sp³-hybridized carbons (Fsp3) is 1.00. The Balaban J connectivity index is 1.80. The normalized spacial score (nSPS) is 18.4. The molecule has 84 valence electrons. The lowest BCUT2D eigenvalue weighted by Gasteiger charge is -2.13. The van der Waals surface area contributed by atoms with E-state index in [1.807, 2.05) is 0 Å². The van der Waals surface area contributed by atoms with Gasteiger partial charge in [0.05, 0.1) is 19.8 Å². The van der Waals surface area contributed by atoms with E-state index in [0.29, 0.717) is 18.6 Å². The van der Waals surface area contributed by atoms with Gasteiger partial charge in [-0.05, 0) is 24.7 Å². The molecule has 0 aromatic rings. The minimum absolute atomic E-state index is 0.645. The molecule has 1 aliphatic rings. The second-order valence-electron chi connectivity index (χ2n) is 4.14. The summed E-state index contributed by atoms with van der Waals surface area (Å²) in [6.07, 6.45) is 4.12. The Bertz CT molecular complexity index is 146. The van der Waals surface area contributed by atoms with Crippen molar-refractivity contribution in [2.24, 2.45) is 5.41 Å². The summed E-state index contributed by atoms with van der Waals surface area (Å²) < 4.78 is 10.2. The van der Waals surface area contributed by atoms with Crippen molar-refractivity contribution < 1.29 is 9.47 Å². The Morgan fingerprint density at radius 2 is 2.00 bits per heavy atom. The zero-order valence-corrected chi connectivity index (χ0v) is 9.47. The minimum Gasteiger partial charge on any atom is -0.382 e. The molecular formula is C11H23NO2. The highest BCUT2D eigenvalue weighted by atomic mass is 16.5. The Kier molecular flexibility index (Phi) is 5.45. The lowest BCUT2D eigenvalue weighted by Crippen LogP contribution is -2.27. The van der Waals surface area contributed by atoms with Crippen LogP contribution in [0, 0.1) is 5.41 Å². The van der Waals surface area contributed by atoms with Crippen molar-refractivity contribution in [1.29, 1.82) is 0 Å². The summed E-state index contributed by atoms with van der Waals surface area (Å²) >= 11 is 0. The highest BCUT2D eigenvalue weighted by Crippen LogP contribution is 2.47. The smallest absolute Gasteiger partial charge is 0.0700 e. The molecule has 0 heterocycles. The molecule has 1 rings (SSSR count). The maximum atomic E-state index is 5.36. The third-order valence-electron chi connectivity index (χ3n) is 3.06. The van der Waals surface area contributed by atoms with E-state index in [9.17, 15) is 0 Å². The lowest BCUT2D eigenvalue weighted by atomic mass is 10.0. The van der Waals surface area contributed by atoms with E-state index < -0.39 is 0 Å². The highest BCUT2D eigenvalue weighted by Gasteiger charge is 2.39. The predicted octanol–water partition coefficient (Wildman–Crippen LogP) is 1.43. The summed E-state index contributed by atoms with van der Waals surface area (Å²) in [5, 5.41) is 3.45. The molecule has 1 N–H and O–H groups in total. The van der Waals surface area contributed by atoms with E-state index in [1.54, 1.807) is 7.11 Å². The van der Waals surface area contributed by atoms with Crippen LogP contribution in [0.3, 0.4) is 0 Å². The van der Waals surface area contributed by atoms with Gasteiger partial charge in [0.1, 0.15) is 0 Å². The van der Waals surface area contributed by atoms with Gasteiger partial charge in [-0.3, -0.25) is 0 Å². The summed E-state index contributed by atoms with van der Waals surface area (Å²) in [5.74, 6) is 0. The molecule has 14 heavy (non-hydrogen) atoms. The van der Waals surface area contributed by atoms with Crippen LogP contribution in [0.1, 0.15) is 26.2 Å². The average molecular weight is 201 g/mol. The van der Waals surface area contributed by atoms with Crippen LogP contribution < -0.4 is 5.32 Å². The molecule has 0 saturated heterocycles. The molecule has 3 nitrogen and oxygen atoms in total. The standard InChI is InChI=1S/C11H23NO2/c1-3-11(4-5-11)10-12-6-7-14-9-8-13-2/h12H,3-10H2,1-2H3. The molecular weight excluding hydrogens is 178 g/mol. The van der Waals surface area contributed by atoms with E-state index in [0.717, 1.165) is 19.7 Å². The second kappa shape index (κ2) is 6.38. The van der Waals surface area contributed by atoms with Crippen molar-refractivity contribution in [2.45, 2.75) is 26.2 Å². The van der Waals surface area contributed by atoms with Crippen LogP contribution in [-0.4, -0.2) is 40.0 Å². The molecule has 3 heteroatoms. The average Bonchev–Trinajstić information content (AvgIpc) is 2.98. The van der Waals surface area contributed by atoms with Crippen molar-refractivity contribution in [3.05, 3.63) is 0 Å². The van der Waals surface area contributed by atoms with Crippen molar-refractivity contribution in [1.82, 2.24) is 5.32 Å². The minimum atomic E-state index is 0.645. The molecule has 0 atom stereocenters. The van der Waals surface area contributed by atoms with E-state index in [-0.39, 0.29) is 0 Å². The Morgan fingerprint density at radius 1 is 1.21 bits per heavy atom. The van der Waals surface area contributed by atoms with Gasteiger partial charge in [0.15, 0.2) is 0 Å². The first kappa shape index (κ1) is 12.0. The Hall–Kier alpha value is -0.120. The molecule has 0 aliphatic heterocycles. The highest BCUT2D eigenvalue weighted by molar-refractivity contribution is 4.93. The third kappa shape index (κ3) is 4.40. The van der Waals surface area contributed by atoms with Crippen molar-refractivity contribution in [3.8, 4) is 0 Å².